The zero-order valence-electron chi connectivity index (χ0n) is 83.2. The van der Waals surface area contributed by atoms with Crippen LogP contribution in [0.2, 0.25) is 0 Å². The van der Waals surface area contributed by atoms with E-state index in [9.17, 15) is 0 Å². The summed E-state index contributed by atoms with van der Waals surface area (Å²) in [5, 5.41) is 7.44. The molecule has 0 aliphatic heterocycles. The predicted molar refractivity (Wildman–Crippen MR) is 626 cm³/mol. The van der Waals surface area contributed by atoms with Gasteiger partial charge < -0.3 is 14.7 Å². The van der Waals surface area contributed by atoms with Crippen LogP contribution in [0.1, 0.15) is 72.2 Å². The Labute approximate surface area is 867 Å². The minimum Gasteiger partial charge on any atom is -0.310 e. The van der Waals surface area contributed by atoms with E-state index in [1.165, 1.54) is 188 Å². The van der Waals surface area contributed by atoms with E-state index in [2.05, 4.69) is 619 Å². The Bertz CT molecular complexity index is 8970. The molecule has 0 atom stereocenters. The van der Waals surface area contributed by atoms with Crippen molar-refractivity contribution in [2.75, 3.05) is 14.7 Å². The van der Waals surface area contributed by atoms with Gasteiger partial charge in [-0.3, -0.25) is 0 Å². The van der Waals surface area contributed by atoms with Gasteiger partial charge in [0.05, 0.1) is 22.5 Å². The third-order valence-corrected chi connectivity index (χ3v) is 30.8. The van der Waals surface area contributed by atoms with Crippen LogP contribution in [0.3, 0.4) is 0 Å². The van der Waals surface area contributed by atoms with Crippen molar-refractivity contribution in [1.29, 1.82) is 0 Å². The Morgan fingerprint density at radius 2 is 0.365 bits per heavy atom. The van der Waals surface area contributed by atoms with Crippen molar-refractivity contribution in [3.63, 3.8) is 0 Å². The molecule has 0 saturated heterocycles. The molecule has 3 nitrogen and oxygen atoms in total. The largest absolute Gasteiger partial charge is 0.310 e. The first-order chi connectivity index (χ1) is 72.9. The van der Waals surface area contributed by atoms with Crippen molar-refractivity contribution in [3.05, 3.63) is 621 Å². The molecule has 24 aromatic carbocycles. The molecule has 27 rings (SSSR count). The summed E-state index contributed by atoms with van der Waals surface area (Å²) in [6, 6.07) is 210. The third kappa shape index (κ3) is 16.6. The lowest BCUT2D eigenvalue weighted by atomic mass is 9.67. The highest BCUT2D eigenvalue weighted by Crippen LogP contribution is 2.59. The Hall–Kier alpha value is -18.5. The van der Waals surface area contributed by atoms with Crippen molar-refractivity contribution >= 4 is 83.5 Å². The third-order valence-electron chi connectivity index (χ3n) is 30.8. The van der Waals surface area contributed by atoms with Crippen LogP contribution < -0.4 is 14.7 Å². The first-order valence-corrected chi connectivity index (χ1v) is 51.5. The van der Waals surface area contributed by atoms with Crippen LogP contribution in [-0.4, -0.2) is 0 Å². The summed E-state index contributed by atoms with van der Waals surface area (Å²) in [4.78, 5) is 7.25. The monoisotopic (exact) mass is 1890 g/mol. The number of benzene rings is 24. The van der Waals surface area contributed by atoms with Gasteiger partial charge in [0.1, 0.15) is 0 Å². The van der Waals surface area contributed by atoms with Gasteiger partial charge in [0, 0.05) is 61.6 Å². The van der Waals surface area contributed by atoms with E-state index in [4.69, 9.17) is 0 Å². The molecule has 3 aliphatic rings. The lowest BCUT2D eigenvalue weighted by molar-refractivity contribution is 0.661. The van der Waals surface area contributed by atoms with E-state index in [-0.39, 0.29) is 10.8 Å². The molecular weight excluding hydrogens is 1780 g/mol. The fourth-order valence-corrected chi connectivity index (χ4v) is 23.5. The standard InChI is InChI=1S/C53H37N.C49H37N.C43H33N/c1-5-17-38(18-6-1)39-29-32-45(33-30-39)54(52-28-16-14-25-47(52)40-19-7-2-8-20-40)46-34-31-41-36-49-48-26-13-15-27-50(48)53(43-21-9-3-10-22-43,44-23-11-4-12-24-44)51(49)37-42(41)35-46;1-49(2)46-21-13-12-20-43(46)45-32-39-24-28-42(30-40(39)33-47(45)49)50(41-26-22-36(23-27-41)34-14-6-3-7-15-34)48-29-25-38(35-16-8-4-9-17-35)31-44(48)37-18-10-5-11-19-37;1-43(2)40-19-11-9-18-38(40)39-28-33-23-26-36(27-34(33)29-41(39)43)44(35-24-21-31(22-25-35)30-13-5-3-6-14-30)42-20-12-10-17-37(42)32-15-7-4-8-16-32/h1-37H;3-33H,1-2H3;3-29H,1-2H3. The van der Waals surface area contributed by atoms with Crippen molar-refractivity contribution in [2.45, 2.75) is 43.9 Å². The second-order valence-electron chi connectivity index (χ2n) is 40.1. The average Bonchev–Trinajstić information content (AvgIpc) is 1.53. The Morgan fingerprint density at radius 1 is 0.128 bits per heavy atom. The van der Waals surface area contributed by atoms with Gasteiger partial charge in [-0.2, -0.15) is 0 Å². The Morgan fingerprint density at radius 3 is 0.709 bits per heavy atom. The molecule has 0 heterocycles. The highest BCUT2D eigenvalue weighted by Gasteiger charge is 2.47. The molecule has 24 aromatic rings. The van der Waals surface area contributed by atoms with Crippen LogP contribution in [-0.2, 0) is 16.2 Å². The minimum atomic E-state index is -0.453. The van der Waals surface area contributed by atoms with E-state index >= 15 is 0 Å². The summed E-state index contributed by atoms with van der Waals surface area (Å²) in [6.45, 7) is 9.41. The van der Waals surface area contributed by atoms with Gasteiger partial charge in [0.25, 0.3) is 0 Å². The van der Waals surface area contributed by atoms with Gasteiger partial charge in [0.15, 0.2) is 0 Å². The van der Waals surface area contributed by atoms with E-state index in [1.54, 1.807) is 0 Å². The van der Waals surface area contributed by atoms with Crippen molar-refractivity contribution in [3.8, 4) is 111 Å². The second-order valence-corrected chi connectivity index (χ2v) is 40.1. The number of anilines is 9. The maximum Gasteiger partial charge on any atom is 0.0713 e. The molecule has 0 unspecified atom stereocenters. The fourth-order valence-electron chi connectivity index (χ4n) is 23.5. The number of hydrogen-bond acceptors (Lipinski definition) is 3. The van der Waals surface area contributed by atoms with Gasteiger partial charge in [0.2, 0.25) is 0 Å². The summed E-state index contributed by atoms with van der Waals surface area (Å²) in [5.74, 6) is 0. The van der Waals surface area contributed by atoms with Crippen LogP contribution in [0, 0.1) is 0 Å². The van der Waals surface area contributed by atoms with Crippen LogP contribution in [0.25, 0.3) is 144 Å². The molecule has 0 bridgehead atoms. The lowest BCUT2D eigenvalue weighted by Gasteiger charge is -2.34. The summed E-state index contributed by atoms with van der Waals surface area (Å²) in [6.07, 6.45) is 0. The zero-order valence-corrected chi connectivity index (χ0v) is 83.2. The van der Waals surface area contributed by atoms with Crippen molar-refractivity contribution in [2.24, 2.45) is 0 Å². The van der Waals surface area contributed by atoms with Crippen LogP contribution in [0.15, 0.2) is 576 Å². The number of hydrogen-bond donors (Lipinski definition) is 0. The summed E-state index contributed by atoms with van der Waals surface area (Å²) in [5.41, 5.74) is 45.2. The maximum atomic E-state index is 2.47. The van der Waals surface area contributed by atoms with Crippen LogP contribution in [0.4, 0.5) is 51.2 Å². The van der Waals surface area contributed by atoms with Gasteiger partial charge in [-0.15, -0.1) is 0 Å². The fraction of sp³-hybridized carbons (Fsp3) is 0.0483. The number of nitrogens with zero attached hydrogens (tertiary/aromatic N) is 3. The molecule has 0 saturated carbocycles. The second kappa shape index (κ2) is 38.6. The van der Waals surface area contributed by atoms with E-state index in [0.29, 0.717) is 0 Å². The molecule has 0 fully saturated rings. The molecular formula is C145H107N3. The Balaban J connectivity index is 0.000000116. The number of para-hydroxylation sites is 2. The van der Waals surface area contributed by atoms with E-state index in [1.807, 2.05) is 0 Å². The van der Waals surface area contributed by atoms with Crippen LogP contribution in [0.5, 0.6) is 0 Å². The smallest absolute Gasteiger partial charge is 0.0713 e. The highest BCUT2D eigenvalue weighted by atomic mass is 15.2. The van der Waals surface area contributed by atoms with Crippen molar-refractivity contribution in [1.82, 2.24) is 0 Å². The summed E-state index contributed by atoms with van der Waals surface area (Å²) in [7, 11) is 0. The maximum absolute atomic E-state index is 2.47. The molecule has 3 aliphatic carbocycles. The molecule has 0 spiro atoms. The predicted octanol–water partition coefficient (Wildman–Crippen LogP) is 39.6. The van der Waals surface area contributed by atoms with Crippen LogP contribution >= 0.6 is 0 Å². The highest BCUT2D eigenvalue weighted by molar-refractivity contribution is 6.04. The first-order valence-electron chi connectivity index (χ1n) is 51.5. The van der Waals surface area contributed by atoms with Gasteiger partial charge in [-0.25, -0.2) is 0 Å². The molecule has 0 aromatic heterocycles. The first kappa shape index (κ1) is 90.7. The normalized spacial score (nSPS) is 12.8. The van der Waals surface area contributed by atoms with E-state index < -0.39 is 5.41 Å². The Kier molecular flexibility index (Phi) is 23.7. The average molecular weight is 1890 g/mol. The SMILES string of the molecule is CC1(C)c2ccccc2-c2cc3ccc(N(c4ccc(-c5ccccc5)cc4)c4ccc(-c5ccccc5)cc4-c4ccccc4)cc3cc21.CC1(C)c2ccccc2-c2cc3ccc(N(c4ccc(-c5ccccc5)cc4)c4ccccc4-c4ccccc4)cc3cc21.c1ccc(-c2ccc(N(c3ccc4cc5c(cc4c3)C(c3ccccc3)(c3ccccc3)c3ccccc3-5)c3ccccc3-c3ccccc3)cc2)cc1. The van der Waals surface area contributed by atoms with Gasteiger partial charge >= 0.3 is 0 Å². The minimum absolute atomic E-state index is 0.0387. The molecule has 0 amide bonds. The number of fused-ring (bicyclic) bond motifs is 12. The zero-order chi connectivity index (χ0) is 99.2. The molecule has 148 heavy (non-hydrogen) atoms. The molecule has 0 N–H and O–H groups in total. The quantitative estimate of drug-likeness (QED) is 0.0848. The van der Waals surface area contributed by atoms with Crippen molar-refractivity contribution < 1.29 is 0 Å². The number of rotatable bonds is 18. The van der Waals surface area contributed by atoms with E-state index in [0.717, 1.165) is 51.2 Å². The molecule has 702 valence electrons. The van der Waals surface area contributed by atoms with Gasteiger partial charge in [-0.05, 0) is 305 Å². The lowest BCUT2D eigenvalue weighted by Crippen LogP contribution is -2.28. The molecule has 0 radical (unpaired) electrons. The molecule has 3 heteroatoms. The van der Waals surface area contributed by atoms with Gasteiger partial charge in [-0.1, -0.05) is 471 Å². The summed E-state index contributed by atoms with van der Waals surface area (Å²) >= 11 is 0. The topological polar surface area (TPSA) is 9.72 Å². The summed E-state index contributed by atoms with van der Waals surface area (Å²) < 4.78 is 0.